The normalized spacial score (nSPS) is 19.6. The van der Waals surface area contributed by atoms with Crippen LogP contribution in [0.25, 0.3) is 5.82 Å². The number of hydrogen-bond donors (Lipinski definition) is 2. The van der Waals surface area contributed by atoms with Crippen molar-refractivity contribution in [1.29, 1.82) is 0 Å². The van der Waals surface area contributed by atoms with Crippen LogP contribution in [0.2, 0.25) is 0 Å². The third kappa shape index (κ3) is 5.28. The van der Waals surface area contributed by atoms with Crippen LogP contribution >= 0.6 is 0 Å². The third-order valence-electron chi connectivity index (χ3n) is 6.49. The van der Waals surface area contributed by atoms with Gasteiger partial charge >= 0.3 is 5.97 Å². The van der Waals surface area contributed by atoms with E-state index >= 15 is 0 Å². The van der Waals surface area contributed by atoms with Crippen molar-refractivity contribution in [3.63, 3.8) is 0 Å². The number of carbonyl (C=O) groups is 1. The highest BCUT2D eigenvalue weighted by Gasteiger charge is 2.38. The Kier molecular flexibility index (Phi) is 6.52. The maximum Gasteiger partial charge on any atom is 0.338 e. The molecular weight excluding hydrogens is 454 g/mol. The van der Waals surface area contributed by atoms with Gasteiger partial charge in [0.05, 0.1) is 11.3 Å². The molecule has 0 saturated heterocycles. The Morgan fingerprint density at radius 1 is 1.03 bits per heavy atom. The van der Waals surface area contributed by atoms with Crippen LogP contribution in [-0.4, -0.2) is 36.7 Å². The van der Waals surface area contributed by atoms with E-state index in [-0.39, 0.29) is 12.1 Å². The van der Waals surface area contributed by atoms with Gasteiger partial charge in [-0.05, 0) is 87.1 Å². The fourth-order valence-corrected chi connectivity index (χ4v) is 4.51. The summed E-state index contributed by atoms with van der Waals surface area (Å²) in [6.07, 6.45) is 7.10. The predicted molar refractivity (Wildman–Crippen MR) is 136 cm³/mol. The van der Waals surface area contributed by atoms with Crippen LogP contribution in [0.15, 0.2) is 73.3 Å². The van der Waals surface area contributed by atoms with Crippen LogP contribution in [0.5, 0.6) is 0 Å². The minimum atomic E-state index is -1.07. The number of hydrogen-bond acceptors (Lipinski definition) is 7. The summed E-state index contributed by atoms with van der Waals surface area (Å²) in [5.41, 5.74) is 2.20. The lowest BCUT2D eigenvalue weighted by molar-refractivity contribution is -0.0485. The molecule has 1 saturated carbocycles. The number of benzene rings is 1. The van der Waals surface area contributed by atoms with Gasteiger partial charge in [0.15, 0.2) is 0 Å². The van der Waals surface area contributed by atoms with E-state index in [2.05, 4.69) is 15.3 Å². The Morgan fingerprint density at radius 3 is 2.53 bits per heavy atom. The number of imidazole rings is 1. The molecule has 4 aromatic rings. The Bertz CT molecular complexity index is 1360. The lowest BCUT2D eigenvalue weighted by Crippen LogP contribution is -2.35. The molecule has 1 aliphatic rings. The summed E-state index contributed by atoms with van der Waals surface area (Å²) in [4.78, 5) is 25.9. The van der Waals surface area contributed by atoms with E-state index in [0.29, 0.717) is 48.6 Å². The number of aromatic nitrogens is 4. The Morgan fingerprint density at radius 2 is 1.78 bits per heavy atom. The second-order valence-electron chi connectivity index (χ2n) is 9.40. The van der Waals surface area contributed by atoms with Gasteiger partial charge in [-0.25, -0.2) is 19.7 Å². The van der Waals surface area contributed by atoms with Gasteiger partial charge in [0, 0.05) is 12.4 Å². The van der Waals surface area contributed by atoms with Gasteiger partial charge in [-0.1, -0.05) is 18.2 Å². The molecule has 0 aliphatic heterocycles. The lowest BCUT2D eigenvalue weighted by Gasteiger charge is -2.34. The molecular formula is C28H29N5O3. The summed E-state index contributed by atoms with van der Waals surface area (Å²) in [6.45, 7) is 4.02. The summed E-state index contributed by atoms with van der Waals surface area (Å²) in [7, 11) is 0. The minimum absolute atomic E-state index is 0.220. The first kappa shape index (κ1) is 23.7. The van der Waals surface area contributed by atoms with Crippen LogP contribution in [0, 0.1) is 13.8 Å². The molecule has 3 heterocycles. The van der Waals surface area contributed by atoms with Crippen LogP contribution in [0.1, 0.15) is 52.9 Å². The highest BCUT2D eigenvalue weighted by Crippen LogP contribution is 2.37. The van der Waals surface area contributed by atoms with Crippen molar-refractivity contribution in [3.05, 3.63) is 95.7 Å². The van der Waals surface area contributed by atoms with E-state index in [1.54, 1.807) is 24.7 Å². The van der Waals surface area contributed by atoms with Gasteiger partial charge < -0.3 is 15.2 Å². The Labute approximate surface area is 210 Å². The molecule has 3 aromatic heterocycles. The summed E-state index contributed by atoms with van der Waals surface area (Å²) in [6, 6.07) is 16.8. The average molecular weight is 484 g/mol. The zero-order valence-corrected chi connectivity index (χ0v) is 20.4. The number of rotatable bonds is 6. The first-order valence-corrected chi connectivity index (χ1v) is 12.1. The molecule has 0 unspecified atom stereocenters. The maximum absolute atomic E-state index is 12.4. The summed E-state index contributed by atoms with van der Waals surface area (Å²) >= 11 is 0. The fraction of sp³-hybridized carbons (Fsp3) is 0.286. The van der Waals surface area contributed by atoms with Gasteiger partial charge in [0.25, 0.3) is 0 Å². The van der Waals surface area contributed by atoms with E-state index in [4.69, 9.17) is 9.72 Å². The fourth-order valence-electron chi connectivity index (χ4n) is 4.51. The molecule has 1 fully saturated rings. The van der Waals surface area contributed by atoms with Crippen molar-refractivity contribution >= 4 is 17.6 Å². The van der Waals surface area contributed by atoms with Crippen molar-refractivity contribution in [1.82, 2.24) is 19.5 Å². The summed E-state index contributed by atoms with van der Waals surface area (Å²) < 4.78 is 7.48. The molecule has 5 rings (SSSR count). The third-order valence-corrected chi connectivity index (χ3v) is 6.49. The molecule has 184 valence electrons. The first-order valence-electron chi connectivity index (χ1n) is 12.1. The van der Waals surface area contributed by atoms with Crippen molar-refractivity contribution in [3.8, 4) is 5.82 Å². The summed E-state index contributed by atoms with van der Waals surface area (Å²) in [5.74, 6) is 1.77. The van der Waals surface area contributed by atoms with Crippen LogP contribution < -0.4 is 5.32 Å². The second-order valence-corrected chi connectivity index (χ2v) is 9.40. The Balaban J connectivity index is 1.26. The van der Waals surface area contributed by atoms with E-state index in [0.717, 1.165) is 16.9 Å². The topological polar surface area (TPSA) is 102 Å². The monoisotopic (exact) mass is 483 g/mol. The maximum atomic E-state index is 12.4. The molecule has 8 nitrogen and oxygen atoms in total. The van der Waals surface area contributed by atoms with Gasteiger partial charge in [-0.3, -0.25) is 4.57 Å². The molecule has 2 N–H and O–H groups in total. The van der Waals surface area contributed by atoms with Crippen molar-refractivity contribution in [2.24, 2.45) is 0 Å². The largest absolute Gasteiger partial charge is 0.459 e. The quantitative estimate of drug-likeness (QED) is 0.372. The molecule has 8 heteroatoms. The number of aliphatic hydroxyl groups is 1. The number of nitrogens with zero attached hydrogens (tertiary/aromatic N) is 4. The predicted octanol–water partition coefficient (Wildman–Crippen LogP) is 5.01. The van der Waals surface area contributed by atoms with Crippen molar-refractivity contribution < 1.29 is 14.6 Å². The number of carbonyl (C=O) groups excluding carboxylic acids is 1. The number of pyridine rings is 2. The van der Waals surface area contributed by atoms with Gasteiger partial charge in [0.1, 0.15) is 35.5 Å². The number of nitrogens with one attached hydrogen (secondary N) is 1. The number of esters is 1. The number of ether oxygens (including phenoxy) is 1. The van der Waals surface area contributed by atoms with Crippen LogP contribution in [0.3, 0.4) is 0 Å². The second kappa shape index (κ2) is 9.91. The van der Waals surface area contributed by atoms with Gasteiger partial charge in [0.2, 0.25) is 0 Å². The molecule has 0 radical (unpaired) electrons. The zero-order valence-electron chi connectivity index (χ0n) is 20.4. The molecule has 1 aliphatic carbocycles. The van der Waals surface area contributed by atoms with Crippen molar-refractivity contribution in [2.75, 3.05) is 5.32 Å². The SMILES string of the molecule is Cc1ccnc(Nc2cc(C)cc(-n3cnc(C4(O)CCC(OC(=O)c5ccccc5)CC4)c3)n2)c1. The van der Waals surface area contributed by atoms with Crippen LogP contribution in [0.4, 0.5) is 11.6 Å². The lowest BCUT2D eigenvalue weighted by atomic mass is 9.81. The molecule has 0 atom stereocenters. The number of aryl methyl sites for hydroxylation is 2. The molecule has 0 spiro atoms. The van der Waals surface area contributed by atoms with E-state index in [9.17, 15) is 9.90 Å². The smallest absolute Gasteiger partial charge is 0.338 e. The Hall–Kier alpha value is -4.04. The summed E-state index contributed by atoms with van der Waals surface area (Å²) in [5, 5.41) is 14.6. The molecule has 1 aromatic carbocycles. The highest BCUT2D eigenvalue weighted by molar-refractivity contribution is 5.89. The molecule has 0 amide bonds. The van der Waals surface area contributed by atoms with E-state index in [1.807, 2.05) is 67.1 Å². The first-order chi connectivity index (χ1) is 17.4. The average Bonchev–Trinajstić information content (AvgIpc) is 3.37. The van der Waals surface area contributed by atoms with Crippen LogP contribution in [-0.2, 0) is 10.3 Å². The van der Waals surface area contributed by atoms with Crippen molar-refractivity contribution in [2.45, 2.75) is 51.2 Å². The minimum Gasteiger partial charge on any atom is -0.459 e. The molecule has 36 heavy (non-hydrogen) atoms. The van der Waals surface area contributed by atoms with E-state index < -0.39 is 5.60 Å². The van der Waals surface area contributed by atoms with E-state index in [1.165, 1.54) is 0 Å². The number of anilines is 2. The standard InChI is InChI=1S/C28H29N5O3/c1-19-10-13-29-24(14-19)31-25-15-20(2)16-26(32-25)33-17-23(30-18-33)28(35)11-8-22(9-12-28)36-27(34)21-6-4-3-5-7-21/h3-7,10,13-18,22,35H,8-9,11-12H2,1-2H3,(H,29,31,32). The zero-order chi connectivity index (χ0) is 25.1. The van der Waals surface area contributed by atoms with Gasteiger partial charge in [-0.15, -0.1) is 0 Å². The highest BCUT2D eigenvalue weighted by atomic mass is 16.5. The van der Waals surface area contributed by atoms with Gasteiger partial charge in [-0.2, -0.15) is 0 Å². The molecule has 0 bridgehead atoms.